The second-order valence-corrected chi connectivity index (χ2v) is 28.1. The number of cyclic esters (lactones) is 4. The Kier molecular flexibility index (Phi) is 39.1. The summed E-state index contributed by atoms with van der Waals surface area (Å²) in [4.78, 5) is 227. The van der Waals surface area contributed by atoms with Gasteiger partial charge in [-0.1, -0.05) is 72.8 Å². The molecule has 46 heteroatoms. The molecule has 6 aromatic carbocycles. The predicted molar refractivity (Wildman–Crippen MR) is 455 cm³/mol. The molecule has 14 N–H and O–H groups in total. The van der Waals surface area contributed by atoms with E-state index in [1.807, 2.05) is 0 Å². The number of hydrogen-bond donors (Lipinski definition) is 14. The summed E-state index contributed by atoms with van der Waals surface area (Å²) in [7, 11) is 1.40. The van der Waals surface area contributed by atoms with E-state index in [0.717, 1.165) is 14.7 Å². The van der Waals surface area contributed by atoms with E-state index in [1.165, 1.54) is 77.7 Å². The number of carbonyl (C=O) groups is 18. The van der Waals surface area contributed by atoms with Crippen LogP contribution in [0.15, 0.2) is 146 Å². The van der Waals surface area contributed by atoms with Gasteiger partial charge in [-0.15, -0.1) is 0 Å². The lowest BCUT2D eigenvalue weighted by molar-refractivity contribution is -0.161. The highest BCUT2D eigenvalue weighted by molar-refractivity contribution is 5.98. The molecule has 0 atom stereocenters. The Hall–Kier alpha value is -16.2. The Balaban J connectivity index is 0.000000296. The van der Waals surface area contributed by atoms with E-state index >= 15 is 0 Å². The molecule has 2 saturated heterocycles. The van der Waals surface area contributed by atoms with E-state index in [9.17, 15) is 153 Å². The minimum absolute atomic E-state index is 0.00352. The van der Waals surface area contributed by atoms with Gasteiger partial charge in [0.05, 0.1) is 74.8 Å². The number of esters is 4. The van der Waals surface area contributed by atoms with E-state index in [-0.39, 0.29) is 119 Å². The van der Waals surface area contributed by atoms with E-state index in [0.29, 0.717) is 40.5 Å². The third kappa shape index (κ3) is 33.2. The zero-order valence-corrected chi connectivity index (χ0v) is 68.8. The van der Waals surface area contributed by atoms with Gasteiger partial charge in [-0.2, -0.15) is 0 Å². The molecule has 0 spiro atoms. The number of benzene rings is 6. The molecule has 2 heterocycles. The van der Waals surface area contributed by atoms with Crippen molar-refractivity contribution in [2.75, 3.05) is 223 Å². The Labute approximate surface area is 728 Å². The first-order valence-electron chi connectivity index (χ1n) is 38.7. The van der Waals surface area contributed by atoms with Crippen LogP contribution >= 0.6 is 0 Å². The molecule has 1 amide bonds. The van der Waals surface area contributed by atoms with E-state index < -0.39 is 192 Å². The summed E-state index contributed by atoms with van der Waals surface area (Å²) in [6.07, 6.45) is 0.625. The van der Waals surface area contributed by atoms with Crippen LogP contribution in [-0.4, -0.2) is 338 Å². The summed E-state index contributed by atoms with van der Waals surface area (Å²) >= 11 is 0. The van der Waals surface area contributed by atoms with Gasteiger partial charge in [0.1, 0.15) is 111 Å². The van der Waals surface area contributed by atoms with Crippen molar-refractivity contribution in [3.8, 4) is 0 Å². The Morgan fingerprint density at radius 2 is 0.391 bits per heavy atom. The second-order valence-electron chi connectivity index (χ2n) is 28.1. The lowest BCUT2D eigenvalue weighted by Gasteiger charge is -2.34. The van der Waals surface area contributed by atoms with Crippen LogP contribution in [0.5, 0.6) is 0 Å². The summed E-state index contributed by atoms with van der Waals surface area (Å²) in [5.74, 6) is -19.4. The van der Waals surface area contributed by atoms with Gasteiger partial charge in [-0.25, -0.2) is 19.2 Å². The average Bonchev–Trinajstić information content (AvgIpc) is 0.818. The van der Waals surface area contributed by atoms with Crippen LogP contribution in [0.25, 0.3) is 0 Å². The number of morpholine rings is 2. The maximum atomic E-state index is 12.1. The largest absolute Gasteiger partial charge is 0.480 e. The zero-order chi connectivity index (χ0) is 94.4. The molecule has 2 aliphatic rings. The molecule has 2 fully saturated rings. The quantitative estimate of drug-likeness (QED) is 0.0187. The third-order valence-corrected chi connectivity index (χ3v) is 18.5. The summed E-state index contributed by atoms with van der Waals surface area (Å²) in [6.45, 7) is -8.03. The Bertz CT molecular complexity index is 4730. The van der Waals surface area contributed by atoms with Gasteiger partial charge in [0.25, 0.3) is 0 Å². The fourth-order valence-electron chi connectivity index (χ4n) is 13.8. The number of anilines is 12. The molecule has 0 radical (unpaired) electrons. The lowest BCUT2D eigenvalue weighted by atomic mass is 10.1. The SMILES string of the molecule is CNC(=O)CN(CC(=O)O)c1ccccc1N(CCCN(CC(=O)O)c1ccccc1N(CC(=O)O)CC(=O)O)CC(=O)O.O=C(O)CN(CCCN(CC(=O)O)c1ccccc1N(CC(=O)O)CC(=O)O)c1ccccc1N(CC(=O)O)CC(=O)O.O=C(O)CN(CCCN(CC(=O)O)c1ccccc1N1CC(=O)OC(=O)C1)c1ccccc1N1CC(=O)OC(=O)C1. The van der Waals surface area contributed by atoms with Crippen molar-refractivity contribution in [3.05, 3.63) is 146 Å². The van der Waals surface area contributed by atoms with Crippen molar-refractivity contribution in [1.29, 1.82) is 0 Å². The summed E-state index contributed by atoms with van der Waals surface area (Å²) < 4.78 is 9.21. The fourth-order valence-corrected chi connectivity index (χ4v) is 13.8. The van der Waals surface area contributed by atoms with Crippen molar-refractivity contribution in [2.24, 2.45) is 0 Å². The van der Waals surface area contributed by atoms with Crippen molar-refractivity contribution in [2.45, 2.75) is 19.3 Å². The molecule has 0 saturated carbocycles. The van der Waals surface area contributed by atoms with Gasteiger partial charge < -0.3 is 140 Å². The number of ether oxygens (including phenoxy) is 2. The van der Waals surface area contributed by atoms with Crippen LogP contribution in [0.4, 0.5) is 68.2 Å². The first kappa shape index (κ1) is 101. The van der Waals surface area contributed by atoms with Crippen LogP contribution in [0.1, 0.15) is 19.3 Å². The minimum atomic E-state index is -1.30. The van der Waals surface area contributed by atoms with E-state index in [4.69, 9.17) is 0 Å². The molecule has 128 heavy (non-hydrogen) atoms. The van der Waals surface area contributed by atoms with Gasteiger partial charge in [0.15, 0.2) is 0 Å². The number of nitrogens with one attached hydrogen (secondary N) is 1. The van der Waals surface area contributed by atoms with Crippen LogP contribution in [0, 0.1) is 0 Å². The Morgan fingerprint density at radius 1 is 0.242 bits per heavy atom. The third-order valence-electron chi connectivity index (χ3n) is 18.5. The molecule has 46 nitrogen and oxygen atoms in total. The van der Waals surface area contributed by atoms with Crippen LogP contribution < -0.4 is 64.1 Å². The van der Waals surface area contributed by atoms with Crippen LogP contribution in [0.3, 0.4) is 0 Å². The number of carboxylic acid groups (broad SMARTS) is 13. The van der Waals surface area contributed by atoms with Crippen molar-refractivity contribution < 1.29 is 162 Å². The fraction of sp³-hybridized carbons (Fsp3) is 0.341. The number of amides is 1. The predicted octanol–water partition coefficient (Wildman–Crippen LogP) is 1.02. The molecule has 0 aliphatic carbocycles. The molecule has 0 unspecified atom stereocenters. The molecule has 2 aliphatic heterocycles. The maximum absolute atomic E-state index is 12.1. The number of carbonyl (C=O) groups excluding carboxylic acids is 5. The maximum Gasteiger partial charge on any atom is 0.333 e. The number of likely N-dealkylation sites (N-methyl/N-ethyl adjacent to an activating group) is 1. The van der Waals surface area contributed by atoms with Gasteiger partial charge >= 0.3 is 101 Å². The number of hydrogen-bond acceptors (Lipinski definition) is 32. The van der Waals surface area contributed by atoms with E-state index in [1.54, 1.807) is 119 Å². The second kappa shape index (κ2) is 49.8. The van der Waals surface area contributed by atoms with Crippen LogP contribution in [-0.2, 0) is 95.8 Å². The molecule has 686 valence electrons. The number of rotatable bonds is 52. The highest BCUT2D eigenvalue weighted by atomic mass is 16.6. The van der Waals surface area contributed by atoms with Crippen molar-refractivity contribution in [1.82, 2.24) is 5.32 Å². The standard InChI is InChI=1S/C28H35N5O11.C27H32N4O12.C27H28N4O10/c1-29-23(34)13-32(16-26(39)40)21-9-4-2-7-19(21)30(14-24(35)36)11-6-12-31(15-25(37)38)20-8-3-5-10-22(20)33(17-27(41)42)18-28(43)44;32-22(33)12-28(18-6-1-3-8-20(18)30(14-24(36)37)15-25(38)39)10-5-11-29(13-23(34)35)19-7-2-4-9-21(19)31(16-26(40)41)17-27(42)43;32-22(33)12-28(18-6-1-3-8-20(18)30-14-24(36)40-25(37)15-30)10-5-11-29(13-23(34)35)19-7-2-4-9-21(19)31-16-26(38)41-27(39)17-31/h2-5,7-10H,6,11-18H2,1H3,(H,29,34)(H,35,36)(H,37,38)(H,39,40)(H,41,42)(H,43,44);1-4,6-9H,5,10-17H2,(H,32,33)(H,34,35)(H,36,37)(H,38,39)(H,40,41)(H,42,43);1-4,6-9H,5,10-17H2,(H,32,33)(H,34,35). The van der Waals surface area contributed by atoms with Crippen molar-refractivity contribution >= 4 is 176 Å². The van der Waals surface area contributed by atoms with Gasteiger partial charge in [-0.3, -0.25) is 67.1 Å². The smallest absolute Gasteiger partial charge is 0.333 e. The summed E-state index contributed by atoms with van der Waals surface area (Å²) in [5, 5.41) is 125. The molecular formula is C82H95N13O33. The monoisotopic (exact) mass is 1790 g/mol. The number of carboxylic acids is 13. The van der Waals surface area contributed by atoms with Crippen LogP contribution in [0.2, 0.25) is 0 Å². The van der Waals surface area contributed by atoms with Crippen molar-refractivity contribution in [3.63, 3.8) is 0 Å². The summed E-state index contributed by atoms with van der Waals surface area (Å²) in [5.41, 5.74) is 3.81. The highest BCUT2D eigenvalue weighted by Gasteiger charge is 2.33. The average molecular weight is 1790 g/mol. The summed E-state index contributed by atoms with van der Waals surface area (Å²) in [6, 6.07) is 38.2. The highest BCUT2D eigenvalue weighted by Crippen LogP contribution is 2.37. The number of nitrogens with zero attached hydrogens (tertiary/aromatic N) is 12. The van der Waals surface area contributed by atoms with Gasteiger partial charge in [-0.05, 0) is 92.1 Å². The molecule has 8 rings (SSSR count). The lowest BCUT2D eigenvalue weighted by Crippen LogP contribution is -2.44. The molecule has 0 aromatic heterocycles. The van der Waals surface area contributed by atoms with Gasteiger partial charge in [0, 0.05) is 46.3 Å². The number of para-hydroxylation sites is 12. The molecule has 6 aromatic rings. The number of aliphatic carboxylic acids is 13. The first-order valence-corrected chi connectivity index (χ1v) is 38.7. The Morgan fingerprint density at radius 3 is 0.570 bits per heavy atom. The topological polar surface area (TPSA) is 640 Å². The zero-order valence-electron chi connectivity index (χ0n) is 68.8. The van der Waals surface area contributed by atoms with Gasteiger partial charge in [0.2, 0.25) is 5.91 Å². The normalized spacial score (nSPS) is 12.0. The molecule has 0 bridgehead atoms. The molecular weight excluding hydrogens is 1690 g/mol. The van der Waals surface area contributed by atoms with E-state index in [2.05, 4.69) is 14.8 Å². The minimum Gasteiger partial charge on any atom is -0.480 e. The first-order chi connectivity index (χ1) is 60.7.